The highest BCUT2D eigenvalue weighted by Gasteiger charge is 2.12. The van der Waals surface area contributed by atoms with Crippen molar-refractivity contribution in [2.75, 3.05) is 0 Å². The van der Waals surface area contributed by atoms with Gasteiger partial charge in [0, 0.05) is 0 Å². The maximum atomic E-state index is 10.2. The van der Waals surface area contributed by atoms with Gasteiger partial charge in [0.15, 0.2) is 0 Å². The molecule has 0 aromatic heterocycles. The number of rotatable bonds is 5. The number of ether oxygens (including phenoxy) is 1. The van der Waals surface area contributed by atoms with E-state index in [0.717, 1.165) is 5.56 Å². The molecule has 0 spiro atoms. The van der Waals surface area contributed by atoms with Gasteiger partial charge in [-0.15, -0.1) is 0 Å². The van der Waals surface area contributed by atoms with Crippen LogP contribution in [-0.2, 0) is 16.1 Å². The maximum Gasteiger partial charge on any atom is 0.219 e. The van der Waals surface area contributed by atoms with E-state index < -0.39 is 6.04 Å². The molecule has 0 aliphatic heterocycles. The number of benzene rings is 1. The lowest BCUT2D eigenvalue weighted by molar-refractivity contribution is 0.0483. The molecule has 0 amide bonds. The molecule has 0 saturated heterocycles. The second-order valence-corrected chi connectivity index (χ2v) is 3.15. The van der Waals surface area contributed by atoms with Gasteiger partial charge in [0.2, 0.25) is 6.29 Å². The molecule has 2 atom stereocenters. The average molecular weight is 192 g/mol. The van der Waals surface area contributed by atoms with E-state index in [4.69, 9.17) is 10.5 Å². The monoisotopic (exact) mass is 192 g/mol. The normalized spacial score (nSPS) is 14.7. The summed E-state index contributed by atoms with van der Waals surface area (Å²) >= 11 is 0. The SMILES string of the molecule is CC(OCc1ccccc1)[C@H](N)[C]=O. The van der Waals surface area contributed by atoms with Gasteiger partial charge in [0.1, 0.15) is 0 Å². The second kappa shape index (κ2) is 5.52. The van der Waals surface area contributed by atoms with Crippen LogP contribution < -0.4 is 5.73 Å². The quantitative estimate of drug-likeness (QED) is 0.758. The van der Waals surface area contributed by atoms with Crippen LogP contribution in [0.3, 0.4) is 0 Å². The van der Waals surface area contributed by atoms with Crippen molar-refractivity contribution < 1.29 is 9.53 Å². The summed E-state index contributed by atoms with van der Waals surface area (Å²) in [6, 6.07) is 9.08. The second-order valence-electron chi connectivity index (χ2n) is 3.15. The van der Waals surface area contributed by atoms with Crippen LogP contribution in [0.2, 0.25) is 0 Å². The topological polar surface area (TPSA) is 52.3 Å². The van der Waals surface area contributed by atoms with Gasteiger partial charge in [0.25, 0.3) is 0 Å². The van der Waals surface area contributed by atoms with Gasteiger partial charge < -0.3 is 10.5 Å². The number of hydrogen-bond acceptors (Lipinski definition) is 3. The molecule has 1 radical (unpaired) electrons. The molecule has 0 fully saturated rings. The maximum absolute atomic E-state index is 10.2. The largest absolute Gasteiger partial charge is 0.372 e. The van der Waals surface area contributed by atoms with Crippen LogP contribution >= 0.6 is 0 Å². The van der Waals surface area contributed by atoms with Crippen molar-refractivity contribution in [3.8, 4) is 0 Å². The van der Waals surface area contributed by atoms with E-state index in [1.807, 2.05) is 30.3 Å². The van der Waals surface area contributed by atoms with Crippen LogP contribution in [0.1, 0.15) is 12.5 Å². The fraction of sp³-hybridized carbons (Fsp3) is 0.364. The van der Waals surface area contributed by atoms with Crippen LogP contribution in [0, 0.1) is 0 Å². The molecule has 0 heterocycles. The van der Waals surface area contributed by atoms with Crippen molar-refractivity contribution in [1.82, 2.24) is 0 Å². The van der Waals surface area contributed by atoms with Crippen LogP contribution in [-0.4, -0.2) is 18.4 Å². The molecule has 1 aromatic rings. The van der Waals surface area contributed by atoms with E-state index in [-0.39, 0.29) is 6.10 Å². The summed E-state index contributed by atoms with van der Waals surface area (Å²) in [5.41, 5.74) is 6.50. The van der Waals surface area contributed by atoms with E-state index >= 15 is 0 Å². The molecule has 0 bridgehead atoms. The zero-order valence-corrected chi connectivity index (χ0v) is 8.14. The first kappa shape index (κ1) is 10.9. The van der Waals surface area contributed by atoms with Crippen molar-refractivity contribution in [2.45, 2.75) is 25.7 Å². The first-order chi connectivity index (χ1) is 6.74. The highest BCUT2D eigenvalue weighted by atomic mass is 16.5. The van der Waals surface area contributed by atoms with Crippen molar-refractivity contribution in [3.63, 3.8) is 0 Å². The molecule has 0 aliphatic rings. The Morgan fingerprint density at radius 2 is 2.07 bits per heavy atom. The summed E-state index contributed by atoms with van der Waals surface area (Å²) in [4.78, 5) is 10.2. The Kier molecular flexibility index (Phi) is 4.29. The average Bonchev–Trinajstić information content (AvgIpc) is 2.26. The van der Waals surface area contributed by atoms with Gasteiger partial charge in [-0.1, -0.05) is 30.3 Å². The molecule has 75 valence electrons. The minimum atomic E-state index is -0.668. The zero-order chi connectivity index (χ0) is 10.4. The van der Waals surface area contributed by atoms with E-state index in [1.165, 1.54) is 0 Å². The molecule has 3 nitrogen and oxygen atoms in total. The molecular formula is C11H14NO2. The summed E-state index contributed by atoms with van der Waals surface area (Å²) in [5.74, 6) is 0. The highest BCUT2D eigenvalue weighted by Crippen LogP contribution is 2.04. The lowest BCUT2D eigenvalue weighted by Gasteiger charge is -2.14. The number of hydrogen-bond donors (Lipinski definition) is 1. The number of carbonyl (C=O) groups excluding carboxylic acids is 1. The molecular weight excluding hydrogens is 178 g/mol. The van der Waals surface area contributed by atoms with Crippen molar-refractivity contribution >= 4 is 6.29 Å². The predicted octanol–water partition coefficient (Wildman–Crippen LogP) is 1.03. The van der Waals surface area contributed by atoms with Gasteiger partial charge >= 0.3 is 0 Å². The summed E-state index contributed by atoms with van der Waals surface area (Å²) in [6.07, 6.45) is 1.41. The van der Waals surface area contributed by atoms with E-state index in [2.05, 4.69) is 0 Å². The van der Waals surface area contributed by atoms with Gasteiger partial charge in [-0.3, -0.25) is 4.79 Å². The summed E-state index contributed by atoms with van der Waals surface area (Å²) in [6.45, 7) is 2.23. The third-order valence-corrected chi connectivity index (χ3v) is 2.00. The Balaban J connectivity index is 2.37. The summed E-state index contributed by atoms with van der Waals surface area (Å²) < 4.78 is 5.39. The molecule has 3 heteroatoms. The smallest absolute Gasteiger partial charge is 0.219 e. The Morgan fingerprint density at radius 1 is 1.43 bits per heavy atom. The first-order valence-electron chi connectivity index (χ1n) is 4.53. The fourth-order valence-corrected chi connectivity index (χ4v) is 1.00. The first-order valence-corrected chi connectivity index (χ1v) is 4.53. The molecule has 1 rings (SSSR count). The van der Waals surface area contributed by atoms with E-state index in [9.17, 15) is 4.79 Å². The van der Waals surface area contributed by atoms with Gasteiger partial charge in [-0.05, 0) is 12.5 Å². The Labute approximate surface area is 83.9 Å². The van der Waals surface area contributed by atoms with Crippen molar-refractivity contribution in [3.05, 3.63) is 35.9 Å². The summed E-state index contributed by atoms with van der Waals surface area (Å²) in [5, 5.41) is 0. The van der Waals surface area contributed by atoms with E-state index in [1.54, 1.807) is 13.2 Å². The lowest BCUT2D eigenvalue weighted by atomic mass is 10.2. The standard InChI is InChI=1S/C11H14NO2/c1-9(11(12)7-13)14-8-10-5-3-2-4-6-10/h2-6,9,11H,8,12H2,1H3/t9?,11-/m1/s1. The predicted molar refractivity (Wildman–Crippen MR) is 54.4 cm³/mol. The number of nitrogens with two attached hydrogens (primary N) is 1. The third-order valence-electron chi connectivity index (χ3n) is 2.00. The Hall–Kier alpha value is -1.19. The molecule has 2 N–H and O–H groups in total. The Morgan fingerprint density at radius 3 is 2.64 bits per heavy atom. The Bertz CT molecular complexity index is 274. The fourth-order valence-electron chi connectivity index (χ4n) is 1.00. The van der Waals surface area contributed by atoms with Gasteiger partial charge in [0.05, 0.1) is 18.8 Å². The van der Waals surface area contributed by atoms with Gasteiger partial charge in [-0.2, -0.15) is 0 Å². The van der Waals surface area contributed by atoms with E-state index in [0.29, 0.717) is 6.61 Å². The molecule has 0 aliphatic carbocycles. The molecule has 1 aromatic carbocycles. The van der Waals surface area contributed by atoms with Crippen LogP contribution in [0.25, 0.3) is 0 Å². The molecule has 0 saturated carbocycles. The van der Waals surface area contributed by atoms with Gasteiger partial charge in [-0.25, -0.2) is 0 Å². The zero-order valence-electron chi connectivity index (χ0n) is 8.14. The minimum absolute atomic E-state index is 0.298. The van der Waals surface area contributed by atoms with Crippen LogP contribution in [0.15, 0.2) is 30.3 Å². The molecule has 14 heavy (non-hydrogen) atoms. The van der Waals surface area contributed by atoms with Crippen LogP contribution in [0.4, 0.5) is 0 Å². The highest BCUT2D eigenvalue weighted by molar-refractivity contribution is 5.58. The lowest BCUT2D eigenvalue weighted by Crippen LogP contribution is -2.35. The third kappa shape index (κ3) is 3.28. The summed E-state index contributed by atoms with van der Waals surface area (Å²) in [7, 11) is 0. The minimum Gasteiger partial charge on any atom is -0.372 e. The van der Waals surface area contributed by atoms with Crippen molar-refractivity contribution in [2.24, 2.45) is 5.73 Å². The molecule has 1 unspecified atom stereocenters. The van der Waals surface area contributed by atoms with Crippen LogP contribution in [0.5, 0.6) is 0 Å². The van der Waals surface area contributed by atoms with Crippen molar-refractivity contribution in [1.29, 1.82) is 0 Å².